The zero-order chi connectivity index (χ0) is 11.5. The molecule has 15 heavy (non-hydrogen) atoms. The normalized spacial score (nSPS) is 14.7. The van der Waals surface area contributed by atoms with Crippen LogP contribution in [-0.4, -0.2) is 12.7 Å². The molecule has 0 aromatic rings. The number of allylic oxidation sites excluding steroid dienone is 5. The van der Waals surface area contributed by atoms with Crippen molar-refractivity contribution in [3.8, 4) is 0 Å². The zero-order valence-electron chi connectivity index (χ0n) is 10.0. The summed E-state index contributed by atoms with van der Waals surface area (Å²) >= 11 is 0. The summed E-state index contributed by atoms with van der Waals surface area (Å²) in [4.78, 5) is 0. The van der Waals surface area contributed by atoms with E-state index in [1.165, 1.54) is 0 Å². The Labute approximate surface area is 93.8 Å². The number of hydrogen-bond donors (Lipinski definition) is 0. The van der Waals surface area contributed by atoms with E-state index in [-0.39, 0.29) is 6.10 Å². The predicted octanol–water partition coefficient (Wildman–Crippen LogP) is 3.90. The van der Waals surface area contributed by atoms with Gasteiger partial charge in [0.1, 0.15) is 0 Å². The van der Waals surface area contributed by atoms with Crippen LogP contribution in [0.25, 0.3) is 0 Å². The molecule has 1 nitrogen and oxygen atoms in total. The summed E-state index contributed by atoms with van der Waals surface area (Å²) in [5.74, 6) is 0.489. The molecule has 0 bridgehead atoms. The maximum Gasteiger partial charge on any atom is 0.0785 e. The van der Waals surface area contributed by atoms with E-state index in [0.717, 1.165) is 0 Å². The molecule has 0 aromatic carbocycles. The van der Waals surface area contributed by atoms with E-state index in [1.807, 2.05) is 37.3 Å². The Kier molecular flexibility index (Phi) is 8.79. The van der Waals surface area contributed by atoms with E-state index in [9.17, 15) is 0 Å². The average Bonchev–Trinajstić information content (AvgIpc) is 2.21. The minimum Gasteiger partial charge on any atom is -0.370 e. The maximum absolute atomic E-state index is 5.70. The Bertz CT molecular complexity index is 234. The highest BCUT2D eigenvalue weighted by molar-refractivity contribution is 5.05. The van der Waals surface area contributed by atoms with Gasteiger partial charge in [-0.1, -0.05) is 63.0 Å². The lowest BCUT2D eigenvalue weighted by atomic mass is 10.1. The van der Waals surface area contributed by atoms with E-state index in [1.54, 1.807) is 6.08 Å². The van der Waals surface area contributed by atoms with Gasteiger partial charge in [-0.15, -0.1) is 0 Å². The Morgan fingerprint density at radius 2 is 1.93 bits per heavy atom. The molecule has 0 amide bonds. The van der Waals surface area contributed by atoms with Gasteiger partial charge in [-0.05, 0) is 12.8 Å². The van der Waals surface area contributed by atoms with E-state index in [2.05, 4.69) is 26.5 Å². The number of hydrogen-bond acceptors (Lipinski definition) is 1. The van der Waals surface area contributed by atoms with Crippen LogP contribution in [-0.2, 0) is 4.74 Å². The second-order valence-electron chi connectivity index (χ2n) is 3.62. The molecular weight excluding hydrogens is 184 g/mol. The lowest BCUT2D eigenvalue weighted by molar-refractivity contribution is 0.0758. The van der Waals surface area contributed by atoms with Gasteiger partial charge in [-0.3, -0.25) is 0 Å². The summed E-state index contributed by atoms with van der Waals surface area (Å²) in [7, 11) is 0. The van der Waals surface area contributed by atoms with Gasteiger partial charge in [0.15, 0.2) is 0 Å². The lowest BCUT2D eigenvalue weighted by Crippen LogP contribution is -2.17. The third-order valence-corrected chi connectivity index (χ3v) is 1.92. The molecule has 0 heterocycles. The first-order valence-electron chi connectivity index (χ1n) is 5.41. The largest absolute Gasteiger partial charge is 0.370 e. The van der Waals surface area contributed by atoms with Gasteiger partial charge < -0.3 is 4.74 Å². The fraction of sp³-hybridized carbons (Fsp3) is 0.429. The first kappa shape index (κ1) is 13.9. The van der Waals surface area contributed by atoms with E-state index >= 15 is 0 Å². The molecule has 0 fully saturated rings. The highest BCUT2D eigenvalue weighted by Gasteiger charge is 2.08. The van der Waals surface area contributed by atoms with Crippen molar-refractivity contribution in [1.29, 1.82) is 0 Å². The monoisotopic (exact) mass is 206 g/mol. The Morgan fingerprint density at radius 1 is 1.20 bits per heavy atom. The van der Waals surface area contributed by atoms with Gasteiger partial charge in [0.05, 0.1) is 12.7 Å². The van der Waals surface area contributed by atoms with E-state index in [4.69, 9.17) is 4.74 Å². The smallest absolute Gasteiger partial charge is 0.0785 e. The van der Waals surface area contributed by atoms with Gasteiger partial charge >= 0.3 is 0 Å². The summed E-state index contributed by atoms with van der Waals surface area (Å²) in [5.41, 5.74) is 0. The maximum atomic E-state index is 5.70. The fourth-order valence-electron chi connectivity index (χ4n) is 1.07. The Balaban J connectivity index is 4.04. The predicted molar refractivity (Wildman–Crippen MR) is 67.9 cm³/mol. The highest BCUT2D eigenvalue weighted by atomic mass is 16.5. The standard InChI is InChI=1S/C14H22O/c1-5-7-9-11-14(13(3)4)15-12-10-8-6-2/h5-11,13-14H,2,12H2,1,3-4H3/b7-5+,10-8+,11-9+. The van der Waals surface area contributed by atoms with Crippen LogP contribution in [0, 0.1) is 5.92 Å². The molecule has 0 N–H and O–H groups in total. The molecule has 0 radical (unpaired) electrons. The third kappa shape index (κ3) is 7.95. The molecule has 0 aromatic heterocycles. The highest BCUT2D eigenvalue weighted by Crippen LogP contribution is 2.08. The van der Waals surface area contributed by atoms with Gasteiger partial charge in [0.2, 0.25) is 0 Å². The molecular formula is C14H22O. The van der Waals surface area contributed by atoms with Crippen LogP contribution in [0.1, 0.15) is 20.8 Å². The van der Waals surface area contributed by atoms with Crippen LogP contribution in [0.15, 0.2) is 49.1 Å². The van der Waals surface area contributed by atoms with Crippen LogP contribution in [0.5, 0.6) is 0 Å². The van der Waals surface area contributed by atoms with E-state index in [0.29, 0.717) is 12.5 Å². The Hall–Kier alpha value is -1.08. The molecule has 1 heteroatoms. The number of ether oxygens (including phenoxy) is 1. The van der Waals surface area contributed by atoms with Gasteiger partial charge in [0, 0.05) is 0 Å². The van der Waals surface area contributed by atoms with Gasteiger partial charge in [-0.2, -0.15) is 0 Å². The van der Waals surface area contributed by atoms with Crippen LogP contribution in [0.4, 0.5) is 0 Å². The van der Waals surface area contributed by atoms with Crippen molar-refractivity contribution in [2.45, 2.75) is 26.9 Å². The fourth-order valence-corrected chi connectivity index (χ4v) is 1.07. The first-order valence-corrected chi connectivity index (χ1v) is 5.41. The summed E-state index contributed by atoms with van der Waals surface area (Å²) in [6.45, 7) is 10.6. The zero-order valence-corrected chi connectivity index (χ0v) is 10.0. The molecule has 0 saturated heterocycles. The molecule has 0 rings (SSSR count). The summed E-state index contributed by atoms with van der Waals surface area (Å²) in [5, 5.41) is 0. The molecule has 0 saturated carbocycles. The van der Waals surface area contributed by atoms with Gasteiger partial charge in [0.25, 0.3) is 0 Å². The second kappa shape index (κ2) is 9.47. The van der Waals surface area contributed by atoms with Crippen molar-refractivity contribution in [3.63, 3.8) is 0 Å². The summed E-state index contributed by atoms with van der Waals surface area (Å²) in [6.07, 6.45) is 13.9. The molecule has 0 aliphatic heterocycles. The minimum absolute atomic E-state index is 0.177. The summed E-state index contributed by atoms with van der Waals surface area (Å²) < 4.78 is 5.70. The molecule has 0 aliphatic carbocycles. The van der Waals surface area contributed by atoms with Crippen molar-refractivity contribution in [1.82, 2.24) is 0 Å². The molecule has 84 valence electrons. The van der Waals surface area contributed by atoms with Gasteiger partial charge in [-0.25, -0.2) is 0 Å². The van der Waals surface area contributed by atoms with Crippen molar-refractivity contribution < 1.29 is 4.74 Å². The van der Waals surface area contributed by atoms with Crippen molar-refractivity contribution >= 4 is 0 Å². The molecule has 0 spiro atoms. The van der Waals surface area contributed by atoms with Crippen LogP contribution in [0.2, 0.25) is 0 Å². The number of rotatable bonds is 7. The quantitative estimate of drug-likeness (QED) is 0.574. The van der Waals surface area contributed by atoms with Crippen LogP contribution < -0.4 is 0 Å². The van der Waals surface area contributed by atoms with Crippen molar-refractivity contribution in [3.05, 3.63) is 49.1 Å². The third-order valence-electron chi connectivity index (χ3n) is 1.92. The lowest BCUT2D eigenvalue weighted by Gasteiger charge is -2.16. The summed E-state index contributed by atoms with van der Waals surface area (Å²) in [6, 6.07) is 0. The topological polar surface area (TPSA) is 9.23 Å². The second-order valence-corrected chi connectivity index (χ2v) is 3.62. The van der Waals surface area contributed by atoms with E-state index < -0.39 is 0 Å². The van der Waals surface area contributed by atoms with Crippen molar-refractivity contribution in [2.24, 2.45) is 5.92 Å². The minimum atomic E-state index is 0.177. The Morgan fingerprint density at radius 3 is 2.47 bits per heavy atom. The van der Waals surface area contributed by atoms with Crippen LogP contribution in [0.3, 0.4) is 0 Å². The SMILES string of the molecule is C=C/C=C/COC(/C=C/C=C/C)C(C)C. The first-order chi connectivity index (χ1) is 7.22. The molecule has 1 unspecified atom stereocenters. The average molecular weight is 206 g/mol. The molecule has 0 aliphatic rings. The molecule has 1 atom stereocenters. The van der Waals surface area contributed by atoms with Crippen LogP contribution >= 0.6 is 0 Å². The van der Waals surface area contributed by atoms with Crippen molar-refractivity contribution in [2.75, 3.05) is 6.61 Å².